The molecule has 5 nitrogen and oxygen atoms in total. The van der Waals surface area contributed by atoms with Crippen LogP contribution in [0.3, 0.4) is 0 Å². The monoisotopic (exact) mass is 297 g/mol. The number of carbonyl (C=O) groups is 2. The highest BCUT2D eigenvalue weighted by Crippen LogP contribution is 2.17. The molecule has 1 aromatic heterocycles. The molecule has 2 aromatic rings. The Bertz CT molecular complexity index is 656. The van der Waals surface area contributed by atoms with Gasteiger partial charge in [0.05, 0.1) is 12.5 Å². The molecular formula is C17H19N3O2. The number of nitrogens with zero attached hydrogens (tertiary/aromatic N) is 1. The van der Waals surface area contributed by atoms with Crippen molar-refractivity contribution in [3.8, 4) is 0 Å². The number of aromatic nitrogens is 1. The third-order valence-electron chi connectivity index (χ3n) is 3.12. The molecule has 22 heavy (non-hydrogen) atoms. The minimum Gasteiger partial charge on any atom is -0.349 e. The summed E-state index contributed by atoms with van der Waals surface area (Å²) in [5.74, 6) is 0.149. The van der Waals surface area contributed by atoms with E-state index in [4.69, 9.17) is 0 Å². The smallest absolute Gasteiger partial charge is 0.227 e. The first kappa shape index (κ1) is 15.7. The second-order valence-electron chi connectivity index (χ2n) is 5.08. The molecule has 1 heterocycles. The van der Waals surface area contributed by atoms with Crippen molar-refractivity contribution in [2.24, 2.45) is 0 Å². The van der Waals surface area contributed by atoms with Crippen LogP contribution in [0.15, 0.2) is 48.5 Å². The number of carbonyl (C=O) groups excluding carboxylic acids is 2. The van der Waals surface area contributed by atoms with Crippen molar-refractivity contribution in [1.82, 2.24) is 10.3 Å². The molecule has 0 saturated carbocycles. The van der Waals surface area contributed by atoms with E-state index in [1.165, 1.54) is 6.92 Å². The zero-order valence-electron chi connectivity index (χ0n) is 12.7. The molecule has 0 bridgehead atoms. The first-order valence-electron chi connectivity index (χ1n) is 7.10. The van der Waals surface area contributed by atoms with Gasteiger partial charge in [-0.05, 0) is 24.6 Å². The molecule has 0 aliphatic heterocycles. The number of amides is 2. The lowest BCUT2D eigenvalue weighted by molar-refractivity contribution is -0.120. The molecule has 2 N–H and O–H groups in total. The number of rotatable bonds is 5. The van der Waals surface area contributed by atoms with E-state index in [2.05, 4.69) is 15.6 Å². The normalized spacial score (nSPS) is 11.5. The van der Waals surface area contributed by atoms with Crippen LogP contribution in [0.4, 0.5) is 5.82 Å². The van der Waals surface area contributed by atoms with Crippen LogP contribution < -0.4 is 10.6 Å². The van der Waals surface area contributed by atoms with Crippen molar-refractivity contribution < 1.29 is 9.59 Å². The van der Waals surface area contributed by atoms with Crippen LogP contribution in [0.25, 0.3) is 0 Å². The van der Waals surface area contributed by atoms with Gasteiger partial charge in [-0.3, -0.25) is 9.59 Å². The van der Waals surface area contributed by atoms with E-state index in [1.807, 2.05) is 49.4 Å². The van der Waals surface area contributed by atoms with Gasteiger partial charge >= 0.3 is 0 Å². The summed E-state index contributed by atoms with van der Waals surface area (Å²) < 4.78 is 0. The van der Waals surface area contributed by atoms with Crippen LogP contribution in [0.5, 0.6) is 0 Å². The topological polar surface area (TPSA) is 71.1 Å². The Morgan fingerprint density at radius 1 is 1.09 bits per heavy atom. The summed E-state index contributed by atoms with van der Waals surface area (Å²) in [7, 11) is 0. The standard InChI is InChI=1S/C17H19N3O2/c1-12-7-6-10-16(18-12)20-17(22)11-15(19-13(2)21)14-8-4-3-5-9-14/h3-10,15H,11H2,1-2H3,(H,19,21)(H,18,20,22). The summed E-state index contributed by atoms with van der Waals surface area (Å²) in [5.41, 5.74) is 1.73. The molecule has 1 unspecified atom stereocenters. The van der Waals surface area contributed by atoms with Crippen LogP contribution in [-0.2, 0) is 9.59 Å². The molecule has 0 aliphatic rings. The SMILES string of the molecule is CC(=O)NC(CC(=O)Nc1cccc(C)n1)c1ccccc1. The summed E-state index contributed by atoms with van der Waals surface area (Å²) in [5, 5.41) is 5.56. The molecule has 1 aromatic carbocycles. The number of pyridine rings is 1. The first-order valence-corrected chi connectivity index (χ1v) is 7.10. The first-order chi connectivity index (χ1) is 10.5. The van der Waals surface area contributed by atoms with Crippen LogP contribution in [0.1, 0.15) is 30.6 Å². The number of nitrogens with one attached hydrogen (secondary N) is 2. The van der Waals surface area contributed by atoms with Gasteiger partial charge in [-0.15, -0.1) is 0 Å². The maximum Gasteiger partial charge on any atom is 0.227 e. The van der Waals surface area contributed by atoms with E-state index < -0.39 is 0 Å². The van der Waals surface area contributed by atoms with E-state index in [0.29, 0.717) is 5.82 Å². The number of anilines is 1. The fourth-order valence-electron chi connectivity index (χ4n) is 2.17. The molecule has 1 atom stereocenters. The van der Waals surface area contributed by atoms with E-state index >= 15 is 0 Å². The second kappa shape index (κ2) is 7.36. The largest absolute Gasteiger partial charge is 0.349 e. The van der Waals surface area contributed by atoms with E-state index in [1.54, 1.807) is 6.07 Å². The van der Waals surface area contributed by atoms with E-state index in [9.17, 15) is 9.59 Å². The van der Waals surface area contributed by atoms with Crippen LogP contribution in [-0.4, -0.2) is 16.8 Å². The third-order valence-corrected chi connectivity index (χ3v) is 3.12. The van der Waals surface area contributed by atoms with Crippen molar-refractivity contribution in [2.75, 3.05) is 5.32 Å². The summed E-state index contributed by atoms with van der Waals surface area (Å²) >= 11 is 0. The van der Waals surface area contributed by atoms with Crippen molar-refractivity contribution in [3.63, 3.8) is 0 Å². The Hall–Kier alpha value is -2.69. The molecule has 0 radical (unpaired) electrons. The van der Waals surface area contributed by atoms with Crippen LogP contribution in [0.2, 0.25) is 0 Å². The molecule has 0 fully saturated rings. The van der Waals surface area contributed by atoms with Gasteiger partial charge in [-0.2, -0.15) is 0 Å². The number of hydrogen-bond donors (Lipinski definition) is 2. The molecule has 114 valence electrons. The summed E-state index contributed by atoms with van der Waals surface area (Å²) in [6, 6.07) is 14.5. The van der Waals surface area contributed by atoms with Crippen molar-refractivity contribution in [1.29, 1.82) is 0 Å². The Morgan fingerprint density at radius 2 is 1.82 bits per heavy atom. The Morgan fingerprint density at radius 3 is 2.45 bits per heavy atom. The Labute approximate surface area is 129 Å². The van der Waals surface area contributed by atoms with Gasteiger partial charge in [0.2, 0.25) is 11.8 Å². The zero-order valence-corrected chi connectivity index (χ0v) is 12.7. The Balaban J connectivity index is 2.06. The van der Waals surface area contributed by atoms with Gasteiger partial charge < -0.3 is 10.6 Å². The predicted molar refractivity (Wildman–Crippen MR) is 85.2 cm³/mol. The lowest BCUT2D eigenvalue weighted by Crippen LogP contribution is -2.29. The molecule has 0 aliphatic carbocycles. The van der Waals surface area contributed by atoms with E-state index in [-0.39, 0.29) is 24.3 Å². The van der Waals surface area contributed by atoms with Gasteiger partial charge in [0.25, 0.3) is 0 Å². The molecule has 5 heteroatoms. The Kier molecular flexibility index (Phi) is 5.25. The second-order valence-corrected chi connectivity index (χ2v) is 5.08. The minimum atomic E-state index is -0.358. The highest BCUT2D eigenvalue weighted by Gasteiger charge is 2.17. The maximum atomic E-state index is 12.2. The molecule has 2 amide bonds. The lowest BCUT2D eigenvalue weighted by Gasteiger charge is -2.18. The lowest BCUT2D eigenvalue weighted by atomic mass is 10.0. The average molecular weight is 297 g/mol. The van der Waals surface area contributed by atoms with Crippen molar-refractivity contribution in [3.05, 3.63) is 59.8 Å². The maximum absolute atomic E-state index is 12.2. The molecule has 2 rings (SSSR count). The summed E-state index contributed by atoms with van der Waals surface area (Å²) in [6.45, 7) is 3.30. The van der Waals surface area contributed by atoms with Gasteiger partial charge in [-0.25, -0.2) is 4.98 Å². The highest BCUT2D eigenvalue weighted by molar-refractivity contribution is 5.90. The number of aryl methyl sites for hydroxylation is 1. The van der Waals surface area contributed by atoms with Crippen LogP contribution in [0, 0.1) is 6.92 Å². The van der Waals surface area contributed by atoms with Gasteiger partial charge in [-0.1, -0.05) is 36.4 Å². The zero-order chi connectivity index (χ0) is 15.9. The quantitative estimate of drug-likeness (QED) is 0.891. The van der Waals surface area contributed by atoms with E-state index in [0.717, 1.165) is 11.3 Å². The van der Waals surface area contributed by atoms with Gasteiger partial charge in [0.1, 0.15) is 5.82 Å². The molecule has 0 spiro atoms. The van der Waals surface area contributed by atoms with Crippen LogP contribution >= 0.6 is 0 Å². The fraction of sp³-hybridized carbons (Fsp3) is 0.235. The van der Waals surface area contributed by atoms with Gasteiger partial charge in [0, 0.05) is 12.6 Å². The average Bonchev–Trinajstić information content (AvgIpc) is 2.47. The third kappa shape index (κ3) is 4.70. The predicted octanol–water partition coefficient (Wildman–Crippen LogP) is 2.60. The number of benzene rings is 1. The minimum absolute atomic E-state index is 0.152. The van der Waals surface area contributed by atoms with Gasteiger partial charge in [0.15, 0.2) is 0 Å². The summed E-state index contributed by atoms with van der Waals surface area (Å²) in [6.07, 6.45) is 0.152. The van der Waals surface area contributed by atoms with Crippen molar-refractivity contribution >= 4 is 17.6 Å². The van der Waals surface area contributed by atoms with Crippen molar-refractivity contribution in [2.45, 2.75) is 26.3 Å². The number of hydrogen-bond acceptors (Lipinski definition) is 3. The molecule has 0 saturated heterocycles. The highest BCUT2D eigenvalue weighted by atomic mass is 16.2. The fourth-order valence-corrected chi connectivity index (χ4v) is 2.17. The molecular weight excluding hydrogens is 278 g/mol. The summed E-state index contributed by atoms with van der Waals surface area (Å²) in [4.78, 5) is 27.8.